The van der Waals surface area contributed by atoms with Crippen LogP contribution in [0, 0.1) is 0 Å². The highest BCUT2D eigenvalue weighted by Crippen LogP contribution is 2.46. The van der Waals surface area contributed by atoms with Crippen molar-refractivity contribution >= 4 is 32.3 Å². The van der Waals surface area contributed by atoms with Crippen LogP contribution in [0.25, 0.3) is 21.0 Å². The van der Waals surface area contributed by atoms with Gasteiger partial charge in [0.25, 0.3) is 0 Å². The standard InChI is InChI=1S/C16H17NO2S/c1-9(2)12-8-11-14(18-3)13-10(6-5-7-17-13)15(19-4)16(11)20-12/h5-9H,1-4H3. The zero-order chi connectivity index (χ0) is 14.3. The van der Waals surface area contributed by atoms with E-state index in [4.69, 9.17) is 9.47 Å². The fourth-order valence-corrected chi connectivity index (χ4v) is 3.66. The van der Waals surface area contributed by atoms with E-state index < -0.39 is 0 Å². The van der Waals surface area contributed by atoms with Gasteiger partial charge in [-0.3, -0.25) is 4.98 Å². The molecule has 104 valence electrons. The van der Waals surface area contributed by atoms with E-state index in [9.17, 15) is 0 Å². The average Bonchev–Trinajstić information content (AvgIpc) is 2.89. The van der Waals surface area contributed by atoms with Gasteiger partial charge in [-0.25, -0.2) is 0 Å². The highest BCUT2D eigenvalue weighted by molar-refractivity contribution is 7.19. The first-order valence-electron chi connectivity index (χ1n) is 6.59. The molecule has 1 aromatic carbocycles. The quantitative estimate of drug-likeness (QED) is 0.706. The Morgan fingerprint density at radius 3 is 2.50 bits per heavy atom. The van der Waals surface area contributed by atoms with E-state index in [0.717, 1.165) is 32.5 Å². The summed E-state index contributed by atoms with van der Waals surface area (Å²) < 4.78 is 12.4. The maximum Gasteiger partial charge on any atom is 0.154 e. The average molecular weight is 287 g/mol. The molecular weight excluding hydrogens is 270 g/mol. The number of fused-ring (bicyclic) bond motifs is 2. The lowest BCUT2D eigenvalue weighted by Crippen LogP contribution is -1.92. The fourth-order valence-electron chi connectivity index (χ4n) is 2.46. The minimum absolute atomic E-state index is 0.484. The zero-order valence-corrected chi connectivity index (χ0v) is 12.9. The molecule has 0 unspecified atom stereocenters. The third-order valence-corrected chi connectivity index (χ3v) is 4.88. The van der Waals surface area contributed by atoms with Crippen LogP contribution in [0.1, 0.15) is 24.6 Å². The highest BCUT2D eigenvalue weighted by Gasteiger charge is 2.19. The Morgan fingerprint density at radius 2 is 1.85 bits per heavy atom. The molecule has 0 aliphatic rings. The van der Waals surface area contributed by atoms with Gasteiger partial charge < -0.3 is 9.47 Å². The van der Waals surface area contributed by atoms with Gasteiger partial charge in [0.15, 0.2) is 5.75 Å². The molecule has 0 spiro atoms. The number of thiophene rings is 1. The number of methoxy groups -OCH3 is 2. The van der Waals surface area contributed by atoms with Crippen molar-refractivity contribution in [2.45, 2.75) is 19.8 Å². The lowest BCUT2D eigenvalue weighted by atomic mass is 10.1. The summed E-state index contributed by atoms with van der Waals surface area (Å²) >= 11 is 1.77. The first-order chi connectivity index (χ1) is 9.67. The topological polar surface area (TPSA) is 31.4 Å². The number of hydrogen-bond acceptors (Lipinski definition) is 4. The predicted molar refractivity (Wildman–Crippen MR) is 84.3 cm³/mol. The van der Waals surface area contributed by atoms with E-state index in [1.165, 1.54) is 4.88 Å². The molecule has 0 fully saturated rings. The molecule has 0 N–H and O–H groups in total. The van der Waals surface area contributed by atoms with Gasteiger partial charge in [0.2, 0.25) is 0 Å². The minimum Gasteiger partial charge on any atom is -0.495 e. The van der Waals surface area contributed by atoms with Gasteiger partial charge >= 0.3 is 0 Å². The Bertz CT molecular complexity index is 716. The second-order valence-corrected chi connectivity index (χ2v) is 6.10. The lowest BCUT2D eigenvalue weighted by Gasteiger charge is -2.10. The summed E-state index contributed by atoms with van der Waals surface area (Å²) in [6.45, 7) is 4.39. The maximum atomic E-state index is 5.65. The van der Waals surface area contributed by atoms with Crippen molar-refractivity contribution in [3.63, 3.8) is 0 Å². The number of aromatic nitrogens is 1. The van der Waals surface area contributed by atoms with Crippen molar-refractivity contribution in [3.05, 3.63) is 29.3 Å². The molecule has 0 amide bonds. The molecule has 3 aromatic rings. The predicted octanol–water partition coefficient (Wildman–Crippen LogP) is 4.59. The summed E-state index contributed by atoms with van der Waals surface area (Å²) in [5.74, 6) is 2.21. The molecule has 2 aromatic heterocycles. The minimum atomic E-state index is 0.484. The number of hydrogen-bond donors (Lipinski definition) is 0. The summed E-state index contributed by atoms with van der Waals surface area (Å²) in [5, 5.41) is 2.08. The van der Waals surface area contributed by atoms with Crippen molar-refractivity contribution < 1.29 is 9.47 Å². The molecule has 20 heavy (non-hydrogen) atoms. The summed E-state index contributed by atoms with van der Waals surface area (Å²) in [7, 11) is 3.41. The number of pyridine rings is 1. The van der Waals surface area contributed by atoms with Crippen LogP contribution in [-0.4, -0.2) is 19.2 Å². The van der Waals surface area contributed by atoms with Gasteiger partial charge in [-0.1, -0.05) is 13.8 Å². The van der Waals surface area contributed by atoms with Crippen LogP contribution in [0.15, 0.2) is 24.4 Å². The zero-order valence-electron chi connectivity index (χ0n) is 12.1. The molecule has 4 heteroatoms. The first kappa shape index (κ1) is 13.2. The van der Waals surface area contributed by atoms with E-state index in [0.29, 0.717) is 5.92 Å². The largest absolute Gasteiger partial charge is 0.495 e. The van der Waals surface area contributed by atoms with Crippen molar-refractivity contribution in [3.8, 4) is 11.5 Å². The number of nitrogens with zero attached hydrogens (tertiary/aromatic N) is 1. The van der Waals surface area contributed by atoms with Gasteiger partial charge in [-0.2, -0.15) is 0 Å². The van der Waals surface area contributed by atoms with Crippen LogP contribution in [0.4, 0.5) is 0 Å². The molecule has 0 radical (unpaired) electrons. The Kier molecular flexibility index (Phi) is 3.26. The van der Waals surface area contributed by atoms with Gasteiger partial charge in [0, 0.05) is 21.8 Å². The third kappa shape index (κ3) is 1.83. The highest BCUT2D eigenvalue weighted by atomic mass is 32.1. The molecular formula is C16H17NO2S. The molecule has 0 saturated carbocycles. The lowest BCUT2D eigenvalue weighted by molar-refractivity contribution is 0.417. The van der Waals surface area contributed by atoms with Crippen LogP contribution in [-0.2, 0) is 0 Å². The summed E-state index contributed by atoms with van der Waals surface area (Å²) in [6.07, 6.45) is 1.78. The molecule has 0 saturated heterocycles. The smallest absolute Gasteiger partial charge is 0.154 e. The summed E-state index contributed by atoms with van der Waals surface area (Å²) in [5.41, 5.74) is 0.854. The number of ether oxygens (including phenoxy) is 2. The first-order valence-corrected chi connectivity index (χ1v) is 7.41. The van der Waals surface area contributed by atoms with E-state index in [2.05, 4.69) is 24.9 Å². The summed E-state index contributed by atoms with van der Waals surface area (Å²) in [4.78, 5) is 5.79. The Hall–Kier alpha value is -1.81. The van der Waals surface area contributed by atoms with Gasteiger partial charge in [0.1, 0.15) is 11.3 Å². The fraction of sp³-hybridized carbons (Fsp3) is 0.312. The van der Waals surface area contributed by atoms with E-state index in [-0.39, 0.29) is 0 Å². The molecule has 0 aliphatic heterocycles. The molecule has 0 bridgehead atoms. The van der Waals surface area contributed by atoms with Crippen molar-refractivity contribution in [2.75, 3.05) is 14.2 Å². The number of rotatable bonds is 3. The van der Waals surface area contributed by atoms with E-state index in [1.807, 2.05) is 12.1 Å². The van der Waals surface area contributed by atoms with Crippen molar-refractivity contribution in [1.82, 2.24) is 4.98 Å². The van der Waals surface area contributed by atoms with Gasteiger partial charge in [-0.15, -0.1) is 11.3 Å². The second kappa shape index (κ2) is 4.94. The monoisotopic (exact) mass is 287 g/mol. The van der Waals surface area contributed by atoms with Crippen molar-refractivity contribution in [1.29, 1.82) is 0 Å². The molecule has 0 atom stereocenters. The van der Waals surface area contributed by atoms with Crippen LogP contribution in [0.2, 0.25) is 0 Å². The SMILES string of the molecule is COc1c2cc(C(C)C)sc2c(OC)c2cccnc12. The Labute approximate surface area is 122 Å². The van der Waals surface area contributed by atoms with Crippen LogP contribution < -0.4 is 9.47 Å². The molecule has 0 aliphatic carbocycles. The van der Waals surface area contributed by atoms with Crippen molar-refractivity contribution in [2.24, 2.45) is 0 Å². The number of benzene rings is 1. The Balaban J connectivity index is 2.51. The normalized spacial score (nSPS) is 11.4. The maximum absolute atomic E-state index is 5.65. The van der Waals surface area contributed by atoms with Gasteiger partial charge in [-0.05, 0) is 24.1 Å². The summed E-state index contributed by atoms with van der Waals surface area (Å²) in [6, 6.07) is 6.14. The van der Waals surface area contributed by atoms with Crippen LogP contribution in [0.3, 0.4) is 0 Å². The van der Waals surface area contributed by atoms with Crippen LogP contribution >= 0.6 is 11.3 Å². The molecule has 2 heterocycles. The van der Waals surface area contributed by atoms with E-state index >= 15 is 0 Å². The molecule has 3 rings (SSSR count). The van der Waals surface area contributed by atoms with E-state index in [1.54, 1.807) is 31.8 Å². The van der Waals surface area contributed by atoms with Crippen LogP contribution in [0.5, 0.6) is 11.5 Å². The Morgan fingerprint density at radius 1 is 1.10 bits per heavy atom. The second-order valence-electron chi connectivity index (χ2n) is 5.01. The van der Waals surface area contributed by atoms with Gasteiger partial charge in [0.05, 0.1) is 18.9 Å². The third-order valence-electron chi connectivity index (χ3n) is 3.45. The molecule has 3 nitrogen and oxygen atoms in total.